The Morgan fingerprint density at radius 3 is 2.41 bits per heavy atom. The van der Waals surface area contributed by atoms with E-state index in [0.29, 0.717) is 11.4 Å². The van der Waals surface area contributed by atoms with Gasteiger partial charge in [0.15, 0.2) is 5.69 Å². The molecule has 4 rings (SSSR count). The first-order valence-electron chi connectivity index (χ1n) is 10.6. The molecule has 1 N–H and O–H groups in total. The van der Waals surface area contributed by atoms with Crippen LogP contribution in [0, 0.1) is 6.92 Å². The molecule has 0 saturated carbocycles. The fraction of sp³-hybridized carbons (Fsp3) is 0.292. The van der Waals surface area contributed by atoms with E-state index in [1.165, 1.54) is 4.90 Å². The Labute approximate surface area is 187 Å². The van der Waals surface area contributed by atoms with Crippen LogP contribution in [0.3, 0.4) is 0 Å². The molecule has 0 bridgehead atoms. The van der Waals surface area contributed by atoms with Gasteiger partial charge in [-0.15, -0.1) is 0 Å². The van der Waals surface area contributed by atoms with Gasteiger partial charge in [0.2, 0.25) is 5.91 Å². The van der Waals surface area contributed by atoms with Crippen molar-refractivity contribution in [3.63, 3.8) is 0 Å². The summed E-state index contributed by atoms with van der Waals surface area (Å²) in [5.74, 6) is -0.570. The second-order valence-corrected chi connectivity index (χ2v) is 7.77. The van der Waals surface area contributed by atoms with Crippen LogP contribution in [0.15, 0.2) is 60.7 Å². The molecule has 0 spiro atoms. The van der Waals surface area contributed by atoms with E-state index in [0.717, 1.165) is 43.4 Å². The normalized spacial score (nSPS) is 13.6. The van der Waals surface area contributed by atoms with Crippen molar-refractivity contribution in [2.45, 2.75) is 6.92 Å². The van der Waals surface area contributed by atoms with Gasteiger partial charge in [-0.3, -0.25) is 9.59 Å². The molecule has 0 atom stereocenters. The second kappa shape index (κ2) is 9.65. The Kier molecular flexibility index (Phi) is 6.51. The Morgan fingerprint density at radius 2 is 1.72 bits per heavy atom. The van der Waals surface area contributed by atoms with E-state index >= 15 is 0 Å². The van der Waals surface area contributed by atoms with Gasteiger partial charge in [-0.25, -0.2) is 4.68 Å². The minimum absolute atomic E-state index is 0.0682. The van der Waals surface area contributed by atoms with Crippen molar-refractivity contribution in [2.24, 2.45) is 0 Å². The quantitative estimate of drug-likeness (QED) is 0.647. The molecule has 1 aromatic heterocycles. The Bertz CT molecular complexity index is 1070. The van der Waals surface area contributed by atoms with Gasteiger partial charge in [-0.2, -0.15) is 5.10 Å². The average molecular weight is 434 g/mol. The summed E-state index contributed by atoms with van der Waals surface area (Å²) in [6, 6.07) is 19.1. The molecule has 1 aliphatic heterocycles. The van der Waals surface area contributed by atoms with E-state index in [1.54, 1.807) is 17.8 Å². The number of benzene rings is 2. The molecule has 2 amide bonds. The molecule has 0 aliphatic carbocycles. The predicted octanol–water partition coefficient (Wildman–Crippen LogP) is 2.73. The van der Waals surface area contributed by atoms with E-state index in [9.17, 15) is 9.59 Å². The lowest BCUT2D eigenvalue weighted by atomic mass is 10.2. The topological polar surface area (TPSA) is 79.7 Å². The number of aryl methyl sites for hydroxylation is 1. The number of morpholine rings is 1. The summed E-state index contributed by atoms with van der Waals surface area (Å²) in [4.78, 5) is 28.9. The number of ether oxygens (including phenoxy) is 1. The van der Waals surface area contributed by atoms with Crippen LogP contribution in [0.2, 0.25) is 0 Å². The number of nitrogens with zero attached hydrogens (tertiary/aromatic N) is 4. The summed E-state index contributed by atoms with van der Waals surface area (Å²) in [5, 5.41) is 7.28. The molecule has 166 valence electrons. The lowest BCUT2D eigenvalue weighted by molar-refractivity contribution is -0.116. The number of nitrogens with one attached hydrogen (secondary N) is 1. The molecule has 3 aromatic rings. The van der Waals surface area contributed by atoms with Gasteiger partial charge < -0.3 is 19.9 Å². The molecule has 0 radical (unpaired) electrons. The molecule has 0 unspecified atom stereocenters. The first-order chi connectivity index (χ1) is 15.5. The van der Waals surface area contributed by atoms with Crippen molar-refractivity contribution in [3.05, 3.63) is 72.1 Å². The lowest BCUT2D eigenvalue weighted by Crippen LogP contribution is -2.36. The third-order valence-corrected chi connectivity index (χ3v) is 5.36. The van der Waals surface area contributed by atoms with Crippen molar-refractivity contribution in [2.75, 3.05) is 50.1 Å². The summed E-state index contributed by atoms with van der Waals surface area (Å²) in [5.41, 5.74) is 3.82. The van der Waals surface area contributed by atoms with Crippen molar-refractivity contribution in [3.8, 4) is 5.69 Å². The maximum absolute atomic E-state index is 12.8. The van der Waals surface area contributed by atoms with Crippen LogP contribution >= 0.6 is 0 Å². The van der Waals surface area contributed by atoms with Crippen molar-refractivity contribution in [1.29, 1.82) is 0 Å². The Balaban J connectivity index is 1.35. The van der Waals surface area contributed by atoms with Crippen LogP contribution in [0.4, 0.5) is 11.4 Å². The maximum atomic E-state index is 12.8. The number of likely N-dealkylation sites (N-methyl/N-ethyl adjacent to an activating group) is 1. The Morgan fingerprint density at radius 1 is 1.03 bits per heavy atom. The van der Waals surface area contributed by atoms with Crippen molar-refractivity contribution in [1.82, 2.24) is 14.7 Å². The number of hydrogen-bond acceptors (Lipinski definition) is 5. The van der Waals surface area contributed by atoms with Crippen LogP contribution in [0.5, 0.6) is 0 Å². The van der Waals surface area contributed by atoms with Gasteiger partial charge in [-0.1, -0.05) is 18.2 Å². The number of anilines is 2. The maximum Gasteiger partial charge on any atom is 0.274 e. The summed E-state index contributed by atoms with van der Waals surface area (Å²) < 4.78 is 7.10. The third-order valence-electron chi connectivity index (χ3n) is 5.36. The summed E-state index contributed by atoms with van der Waals surface area (Å²) >= 11 is 0. The van der Waals surface area contributed by atoms with Gasteiger partial charge in [0.25, 0.3) is 5.91 Å². The summed E-state index contributed by atoms with van der Waals surface area (Å²) in [6.07, 6.45) is 0. The average Bonchev–Trinajstić information content (AvgIpc) is 3.21. The molecule has 2 aromatic carbocycles. The minimum atomic E-state index is -0.305. The zero-order chi connectivity index (χ0) is 22.5. The fourth-order valence-electron chi connectivity index (χ4n) is 3.67. The van der Waals surface area contributed by atoms with Crippen LogP contribution in [0.25, 0.3) is 5.69 Å². The molecule has 1 aliphatic rings. The summed E-state index contributed by atoms with van der Waals surface area (Å²) in [6.45, 7) is 4.99. The first-order valence-corrected chi connectivity index (χ1v) is 10.6. The van der Waals surface area contributed by atoms with Crippen LogP contribution in [-0.4, -0.2) is 66.4 Å². The molecule has 8 heteroatoms. The number of amides is 2. The molecular formula is C24H27N5O3. The highest BCUT2D eigenvalue weighted by atomic mass is 16.5. The fourth-order valence-corrected chi connectivity index (χ4v) is 3.67. The minimum Gasteiger partial charge on any atom is -0.378 e. The number of hydrogen-bond donors (Lipinski definition) is 1. The standard InChI is InChI=1S/C24H27N5O3/c1-18-16-22(26-29(18)21-6-4-3-5-7-21)24(31)27(2)17-23(30)25-19-8-10-20(11-9-19)28-12-14-32-15-13-28/h3-11,16H,12-15,17H2,1-2H3,(H,25,30). The van der Waals surface area contributed by atoms with Gasteiger partial charge in [0.05, 0.1) is 25.4 Å². The largest absolute Gasteiger partial charge is 0.378 e. The van der Waals surface area contributed by atoms with E-state index in [4.69, 9.17) is 4.74 Å². The Hall–Kier alpha value is -3.65. The number of rotatable bonds is 6. The van der Waals surface area contributed by atoms with Gasteiger partial charge in [0.1, 0.15) is 0 Å². The highest BCUT2D eigenvalue weighted by Gasteiger charge is 2.19. The third kappa shape index (κ3) is 4.97. The molecule has 1 fully saturated rings. The number of carbonyl (C=O) groups excluding carboxylic acids is 2. The zero-order valence-electron chi connectivity index (χ0n) is 18.3. The van der Waals surface area contributed by atoms with Crippen molar-refractivity contribution >= 4 is 23.2 Å². The number of para-hydroxylation sites is 1. The van der Waals surface area contributed by atoms with Gasteiger partial charge >= 0.3 is 0 Å². The van der Waals surface area contributed by atoms with Crippen molar-refractivity contribution < 1.29 is 14.3 Å². The highest BCUT2D eigenvalue weighted by molar-refractivity contribution is 5.98. The highest BCUT2D eigenvalue weighted by Crippen LogP contribution is 2.19. The smallest absolute Gasteiger partial charge is 0.274 e. The monoisotopic (exact) mass is 433 g/mol. The van der Waals surface area contributed by atoms with Gasteiger partial charge in [0, 0.05) is 37.2 Å². The molecular weight excluding hydrogens is 406 g/mol. The lowest BCUT2D eigenvalue weighted by Gasteiger charge is -2.28. The number of carbonyl (C=O) groups is 2. The number of aromatic nitrogens is 2. The molecule has 8 nitrogen and oxygen atoms in total. The molecule has 1 saturated heterocycles. The van der Waals surface area contributed by atoms with Crippen LogP contribution < -0.4 is 10.2 Å². The van der Waals surface area contributed by atoms with Crippen LogP contribution in [-0.2, 0) is 9.53 Å². The molecule has 32 heavy (non-hydrogen) atoms. The predicted molar refractivity (Wildman–Crippen MR) is 123 cm³/mol. The van der Waals surface area contributed by atoms with Gasteiger partial charge in [-0.05, 0) is 49.4 Å². The van der Waals surface area contributed by atoms with E-state index < -0.39 is 0 Å². The van der Waals surface area contributed by atoms with Crippen LogP contribution in [0.1, 0.15) is 16.2 Å². The molecule has 2 heterocycles. The zero-order valence-corrected chi connectivity index (χ0v) is 18.3. The van der Waals surface area contributed by atoms with E-state index in [2.05, 4.69) is 15.3 Å². The SMILES string of the molecule is Cc1cc(C(=O)N(C)CC(=O)Nc2ccc(N3CCOCC3)cc2)nn1-c1ccccc1. The first kappa shape index (κ1) is 21.6. The second-order valence-electron chi connectivity index (χ2n) is 7.77. The van der Waals surface area contributed by atoms with E-state index in [1.807, 2.05) is 61.5 Å². The summed E-state index contributed by atoms with van der Waals surface area (Å²) in [7, 11) is 1.60. The van der Waals surface area contributed by atoms with E-state index in [-0.39, 0.29) is 18.4 Å².